The second-order valence-electron chi connectivity index (χ2n) is 9.63. The molecule has 1 N–H and O–H groups in total. The fourth-order valence-corrected chi connectivity index (χ4v) is 4.43. The van der Waals surface area contributed by atoms with Crippen LogP contribution in [0.5, 0.6) is 0 Å². The third-order valence-electron chi connectivity index (χ3n) is 5.89. The first-order valence-electron chi connectivity index (χ1n) is 12.1. The quantitative estimate of drug-likeness (QED) is 0.384. The van der Waals surface area contributed by atoms with E-state index in [1.165, 1.54) is 0 Å². The predicted octanol–water partition coefficient (Wildman–Crippen LogP) is 5.91. The molecule has 2 amide bonds. The normalized spacial score (nSPS) is 11.8. The second kappa shape index (κ2) is 12.6. The van der Waals surface area contributed by atoms with Gasteiger partial charge in [-0.25, -0.2) is 0 Å². The van der Waals surface area contributed by atoms with Crippen molar-refractivity contribution in [3.8, 4) is 0 Å². The first-order chi connectivity index (χ1) is 16.7. The maximum absolute atomic E-state index is 13.8. The summed E-state index contributed by atoms with van der Waals surface area (Å²) in [7, 11) is 0. The minimum absolute atomic E-state index is 0.101. The van der Waals surface area contributed by atoms with Gasteiger partial charge in [0.05, 0.1) is 6.42 Å². The van der Waals surface area contributed by atoms with E-state index in [4.69, 9.17) is 11.6 Å². The molecule has 0 aliphatic heterocycles. The van der Waals surface area contributed by atoms with E-state index in [9.17, 15) is 9.59 Å². The topological polar surface area (TPSA) is 49.4 Å². The molecule has 0 bridgehead atoms. The van der Waals surface area contributed by atoms with E-state index in [0.717, 1.165) is 27.8 Å². The van der Waals surface area contributed by atoms with Crippen LogP contribution in [0.3, 0.4) is 0 Å². The molecule has 0 aliphatic carbocycles. The molecule has 3 aromatic carbocycles. The molecule has 0 saturated carbocycles. The molecule has 3 aromatic rings. The molecule has 5 heteroatoms. The molecule has 1 atom stereocenters. The zero-order chi connectivity index (χ0) is 25.4. The Morgan fingerprint density at radius 1 is 0.886 bits per heavy atom. The van der Waals surface area contributed by atoms with Crippen molar-refractivity contribution >= 4 is 23.4 Å². The molecule has 0 aliphatic rings. The van der Waals surface area contributed by atoms with Gasteiger partial charge in [-0.05, 0) is 42.5 Å². The largest absolute Gasteiger partial charge is 0.354 e. The van der Waals surface area contributed by atoms with Crippen molar-refractivity contribution in [2.24, 2.45) is 5.92 Å². The first kappa shape index (κ1) is 26.5. The van der Waals surface area contributed by atoms with E-state index in [2.05, 4.69) is 25.2 Å². The van der Waals surface area contributed by atoms with Crippen LogP contribution in [0.2, 0.25) is 5.02 Å². The summed E-state index contributed by atoms with van der Waals surface area (Å²) in [5, 5.41) is 3.64. The van der Waals surface area contributed by atoms with Crippen molar-refractivity contribution in [3.63, 3.8) is 0 Å². The van der Waals surface area contributed by atoms with Crippen LogP contribution in [-0.4, -0.2) is 29.3 Å². The molecule has 4 nitrogen and oxygen atoms in total. The third-order valence-corrected chi connectivity index (χ3v) is 6.26. The van der Waals surface area contributed by atoms with Crippen molar-refractivity contribution in [2.45, 2.75) is 53.1 Å². The Hall–Kier alpha value is -3.11. The SMILES string of the molecule is Cc1cc(C)cc(CC(=O)N(Cc2ccccc2Cl)[C@H](Cc2ccccc2)C(=O)NCC(C)C)c1. The summed E-state index contributed by atoms with van der Waals surface area (Å²) in [5.41, 5.74) is 4.98. The number of amides is 2. The van der Waals surface area contributed by atoms with Crippen molar-refractivity contribution in [2.75, 3.05) is 6.54 Å². The smallest absolute Gasteiger partial charge is 0.243 e. The zero-order valence-corrected chi connectivity index (χ0v) is 21.8. The molecule has 35 heavy (non-hydrogen) atoms. The third kappa shape index (κ3) is 7.97. The molecule has 0 unspecified atom stereocenters. The lowest BCUT2D eigenvalue weighted by Crippen LogP contribution is -2.51. The fourth-order valence-electron chi connectivity index (χ4n) is 4.23. The van der Waals surface area contributed by atoms with E-state index in [0.29, 0.717) is 23.9 Å². The number of nitrogens with zero attached hydrogens (tertiary/aromatic N) is 1. The van der Waals surface area contributed by atoms with Crippen LogP contribution in [0, 0.1) is 19.8 Å². The van der Waals surface area contributed by atoms with Gasteiger partial charge in [0.2, 0.25) is 11.8 Å². The van der Waals surface area contributed by atoms with E-state index < -0.39 is 6.04 Å². The lowest BCUT2D eigenvalue weighted by molar-refractivity contribution is -0.140. The van der Waals surface area contributed by atoms with Crippen molar-refractivity contribution in [1.29, 1.82) is 0 Å². The summed E-state index contributed by atoms with van der Waals surface area (Å²) in [6.45, 7) is 8.98. The Labute approximate surface area is 214 Å². The van der Waals surface area contributed by atoms with Gasteiger partial charge in [-0.2, -0.15) is 0 Å². The molecular formula is C30H35ClN2O2. The fraction of sp³-hybridized carbons (Fsp3) is 0.333. The number of halogens is 1. The van der Waals surface area contributed by atoms with E-state index >= 15 is 0 Å². The summed E-state index contributed by atoms with van der Waals surface area (Å²) in [6.07, 6.45) is 0.642. The van der Waals surface area contributed by atoms with Crippen LogP contribution in [-0.2, 0) is 29.0 Å². The molecule has 0 radical (unpaired) electrons. The van der Waals surface area contributed by atoms with Crippen LogP contribution in [0.1, 0.15) is 41.7 Å². The van der Waals surface area contributed by atoms with Gasteiger partial charge in [0.1, 0.15) is 6.04 Å². The van der Waals surface area contributed by atoms with Gasteiger partial charge < -0.3 is 10.2 Å². The lowest BCUT2D eigenvalue weighted by atomic mass is 10.00. The van der Waals surface area contributed by atoms with Crippen LogP contribution in [0.25, 0.3) is 0 Å². The highest BCUT2D eigenvalue weighted by Gasteiger charge is 2.31. The van der Waals surface area contributed by atoms with Gasteiger partial charge >= 0.3 is 0 Å². The number of rotatable bonds is 10. The Kier molecular flexibility index (Phi) is 9.50. The van der Waals surface area contributed by atoms with Gasteiger partial charge in [0, 0.05) is 24.5 Å². The average Bonchev–Trinajstić information content (AvgIpc) is 2.80. The lowest BCUT2D eigenvalue weighted by Gasteiger charge is -2.32. The average molecular weight is 491 g/mol. The standard InChI is InChI=1S/C30H35ClN2O2/c1-21(2)19-32-30(35)28(17-24-10-6-5-7-11-24)33(20-26-12-8-9-13-27(26)31)29(34)18-25-15-22(3)14-23(4)16-25/h5-16,21,28H,17-20H2,1-4H3,(H,32,35)/t28-/m1/s1. The highest BCUT2D eigenvalue weighted by molar-refractivity contribution is 6.31. The van der Waals surface area contributed by atoms with Crippen LogP contribution in [0.4, 0.5) is 0 Å². The minimum atomic E-state index is -0.661. The highest BCUT2D eigenvalue weighted by atomic mass is 35.5. The number of aryl methyl sites for hydroxylation is 2. The van der Waals surface area contributed by atoms with Crippen molar-refractivity contribution in [3.05, 3.63) is 106 Å². The van der Waals surface area contributed by atoms with Crippen molar-refractivity contribution in [1.82, 2.24) is 10.2 Å². The number of nitrogens with one attached hydrogen (secondary N) is 1. The Morgan fingerprint density at radius 2 is 1.51 bits per heavy atom. The van der Waals surface area contributed by atoms with Gasteiger partial charge in [0.25, 0.3) is 0 Å². The Balaban J connectivity index is 1.98. The Morgan fingerprint density at radius 3 is 2.14 bits per heavy atom. The summed E-state index contributed by atoms with van der Waals surface area (Å²) < 4.78 is 0. The summed E-state index contributed by atoms with van der Waals surface area (Å²) in [6, 6.07) is 22.8. The summed E-state index contributed by atoms with van der Waals surface area (Å²) >= 11 is 6.48. The van der Waals surface area contributed by atoms with Crippen molar-refractivity contribution < 1.29 is 9.59 Å². The predicted molar refractivity (Wildman–Crippen MR) is 143 cm³/mol. The number of benzene rings is 3. The maximum Gasteiger partial charge on any atom is 0.243 e. The Bertz CT molecular complexity index is 1120. The number of hydrogen-bond donors (Lipinski definition) is 1. The molecule has 184 valence electrons. The van der Waals surface area contributed by atoms with Gasteiger partial charge in [0.15, 0.2) is 0 Å². The van der Waals surface area contributed by atoms with Gasteiger partial charge in [-0.15, -0.1) is 0 Å². The molecule has 3 rings (SSSR count). The summed E-state index contributed by atoms with van der Waals surface area (Å²) in [4.78, 5) is 29.0. The highest BCUT2D eigenvalue weighted by Crippen LogP contribution is 2.22. The van der Waals surface area contributed by atoms with E-state index in [-0.39, 0.29) is 24.8 Å². The monoisotopic (exact) mass is 490 g/mol. The van der Waals surface area contributed by atoms with Gasteiger partial charge in [-0.1, -0.05) is 103 Å². The van der Waals surface area contributed by atoms with E-state index in [1.807, 2.05) is 80.6 Å². The maximum atomic E-state index is 13.8. The molecule has 0 fully saturated rings. The number of hydrogen-bond acceptors (Lipinski definition) is 2. The summed E-state index contributed by atoms with van der Waals surface area (Å²) in [5.74, 6) is 0.0539. The van der Waals surface area contributed by atoms with Crippen LogP contribution in [0.15, 0.2) is 72.8 Å². The minimum Gasteiger partial charge on any atom is -0.354 e. The molecular weight excluding hydrogens is 456 g/mol. The van der Waals surface area contributed by atoms with Gasteiger partial charge in [-0.3, -0.25) is 9.59 Å². The molecule has 0 saturated heterocycles. The second-order valence-corrected chi connectivity index (χ2v) is 10.0. The van der Waals surface area contributed by atoms with Crippen LogP contribution < -0.4 is 5.32 Å². The molecule has 0 aromatic heterocycles. The van der Waals surface area contributed by atoms with Crippen LogP contribution >= 0.6 is 11.6 Å². The van der Waals surface area contributed by atoms with E-state index in [1.54, 1.807) is 4.90 Å². The number of carbonyl (C=O) groups is 2. The number of carbonyl (C=O) groups excluding carboxylic acids is 2. The molecule has 0 spiro atoms. The zero-order valence-electron chi connectivity index (χ0n) is 21.1. The molecule has 0 heterocycles. The first-order valence-corrected chi connectivity index (χ1v) is 12.5.